The fourth-order valence-corrected chi connectivity index (χ4v) is 7.25. The van der Waals surface area contributed by atoms with Crippen LogP contribution in [0.5, 0.6) is 0 Å². The molecule has 0 bridgehead atoms. The molecule has 11 atom stereocenters. The maximum atomic E-state index is 12.9. The number of esters is 2. The van der Waals surface area contributed by atoms with Gasteiger partial charge >= 0.3 is 11.9 Å². The second kappa shape index (κ2) is 37.2. The van der Waals surface area contributed by atoms with Crippen LogP contribution in [0, 0.1) is 0 Å². The van der Waals surface area contributed by atoms with E-state index in [0.29, 0.717) is 19.3 Å². The third-order valence-corrected chi connectivity index (χ3v) is 11.3. The molecule has 4 unspecified atom stereocenters. The summed E-state index contributed by atoms with van der Waals surface area (Å²) in [6.07, 6.45) is 24.1. The van der Waals surface area contributed by atoms with E-state index in [2.05, 4.69) is 62.5 Å². The molecule has 2 saturated heterocycles. The molecule has 374 valence electrons. The summed E-state index contributed by atoms with van der Waals surface area (Å²) in [7, 11) is 0. The second-order valence-corrected chi connectivity index (χ2v) is 16.9. The maximum absolute atomic E-state index is 12.9. The van der Waals surface area contributed by atoms with Crippen molar-refractivity contribution < 1.29 is 73.8 Å². The van der Waals surface area contributed by atoms with Crippen LogP contribution in [0.4, 0.5) is 0 Å². The molecule has 2 heterocycles. The molecule has 0 saturated carbocycles. The van der Waals surface area contributed by atoms with Crippen molar-refractivity contribution in [1.82, 2.24) is 0 Å². The number of hydrogen-bond donors (Lipinski definition) is 7. The van der Waals surface area contributed by atoms with Crippen LogP contribution in [0.15, 0.2) is 60.8 Å². The Hall–Kier alpha value is -2.80. The Morgan fingerprint density at radius 2 is 0.969 bits per heavy atom. The van der Waals surface area contributed by atoms with Crippen LogP contribution in [0.25, 0.3) is 0 Å². The SMILES string of the molecule is CC/C=C/C/C=C/C/C=C/C/C=C/C/C=C/CCCC(=O)O[C@H](COC(=O)CCCCCCCCCCCCCC)CO[C@H]1O[C@@H](CO[C@H]2O[C@@H](CO)[C@@H](O)C(O)C2O)[C@@H](O)C(O)C1O. The second-order valence-electron chi connectivity index (χ2n) is 16.9. The van der Waals surface area contributed by atoms with Gasteiger partial charge in [0.15, 0.2) is 18.7 Å². The van der Waals surface area contributed by atoms with Crippen molar-refractivity contribution in [3.05, 3.63) is 60.8 Å². The van der Waals surface area contributed by atoms with Gasteiger partial charge in [0, 0.05) is 12.8 Å². The highest BCUT2D eigenvalue weighted by Crippen LogP contribution is 2.26. The molecule has 0 aliphatic carbocycles. The van der Waals surface area contributed by atoms with Crippen molar-refractivity contribution in [3.63, 3.8) is 0 Å². The van der Waals surface area contributed by atoms with Gasteiger partial charge in [-0.05, 0) is 51.4 Å². The van der Waals surface area contributed by atoms with Gasteiger partial charge in [-0.2, -0.15) is 0 Å². The summed E-state index contributed by atoms with van der Waals surface area (Å²) in [6, 6.07) is 0. The maximum Gasteiger partial charge on any atom is 0.306 e. The zero-order valence-corrected chi connectivity index (χ0v) is 39.2. The van der Waals surface area contributed by atoms with Crippen molar-refractivity contribution in [2.75, 3.05) is 26.4 Å². The first-order valence-electron chi connectivity index (χ1n) is 24.4. The molecule has 2 fully saturated rings. The summed E-state index contributed by atoms with van der Waals surface area (Å²) in [6.45, 7) is 2.39. The number of carbonyl (C=O) groups is 2. The van der Waals surface area contributed by atoms with E-state index in [1.165, 1.54) is 51.4 Å². The Kier molecular flexibility index (Phi) is 33.4. The van der Waals surface area contributed by atoms with Gasteiger partial charge in [0.1, 0.15) is 55.4 Å². The van der Waals surface area contributed by atoms with Crippen LogP contribution in [0.3, 0.4) is 0 Å². The Bertz CT molecular complexity index is 1370. The van der Waals surface area contributed by atoms with Crippen molar-refractivity contribution in [3.8, 4) is 0 Å². The fraction of sp³-hybridized carbons (Fsp3) is 0.760. The van der Waals surface area contributed by atoms with E-state index in [4.69, 9.17) is 28.4 Å². The Balaban J connectivity index is 1.86. The highest BCUT2D eigenvalue weighted by molar-refractivity contribution is 5.70. The molecule has 2 aliphatic rings. The summed E-state index contributed by atoms with van der Waals surface area (Å²) in [4.78, 5) is 25.7. The molecule has 0 amide bonds. The highest BCUT2D eigenvalue weighted by atomic mass is 16.7. The van der Waals surface area contributed by atoms with E-state index in [-0.39, 0.29) is 19.4 Å². The first-order valence-corrected chi connectivity index (χ1v) is 24.4. The lowest BCUT2D eigenvalue weighted by Crippen LogP contribution is -2.61. The zero-order valence-electron chi connectivity index (χ0n) is 39.2. The molecule has 0 aromatic carbocycles. The average Bonchev–Trinajstić information content (AvgIpc) is 3.30. The van der Waals surface area contributed by atoms with E-state index in [1.54, 1.807) is 0 Å². The summed E-state index contributed by atoms with van der Waals surface area (Å²) >= 11 is 0. The monoisotopic (exact) mass is 925 g/mol. The fourth-order valence-electron chi connectivity index (χ4n) is 7.25. The minimum absolute atomic E-state index is 0.0858. The topological polar surface area (TPSA) is 231 Å². The third kappa shape index (κ3) is 25.8. The molecule has 2 aliphatic heterocycles. The quantitative estimate of drug-likeness (QED) is 0.0214. The Morgan fingerprint density at radius 3 is 1.51 bits per heavy atom. The van der Waals surface area contributed by atoms with Gasteiger partial charge in [-0.15, -0.1) is 0 Å². The average molecular weight is 925 g/mol. The van der Waals surface area contributed by atoms with Crippen molar-refractivity contribution >= 4 is 11.9 Å². The predicted molar refractivity (Wildman–Crippen MR) is 247 cm³/mol. The van der Waals surface area contributed by atoms with Crippen LogP contribution >= 0.6 is 0 Å². The standard InChI is InChI=1S/C50H84O15/c1-3-5-7-9-11-13-15-17-18-19-20-21-23-25-27-29-31-33-42(53)63-38(35-60-41(52)32-30-28-26-24-22-16-14-12-10-8-6-4-2)36-61-49-48(59)46(57)44(55)40(65-49)37-62-50-47(58)45(56)43(54)39(34-51)64-50/h5,7,11,13,17-18,20-21,25,27,38-40,43-51,54-59H,3-4,6,8-10,12,14-16,19,22-24,26,28-37H2,1-2H3/b7-5+,13-11+,18-17+,21-20+,27-25+/t38-,39+,40+,43-,44-,45?,46?,47?,48?,49+,50+/m1/s1. The first-order chi connectivity index (χ1) is 31.5. The molecule has 2 rings (SSSR count). The normalized spacial score (nSPS) is 26.9. The smallest absolute Gasteiger partial charge is 0.306 e. The van der Waals surface area contributed by atoms with Crippen molar-refractivity contribution in [1.29, 1.82) is 0 Å². The molecule has 0 aromatic rings. The lowest BCUT2D eigenvalue weighted by Gasteiger charge is -2.42. The Labute approximate surface area is 388 Å². The number of aliphatic hydroxyl groups excluding tert-OH is 7. The number of ether oxygens (including phenoxy) is 6. The summed E-state index contributed by atoms with van der Waals surface area (Å²) in [5.74, 6) is -0.997. The van der Waals surface area contributed by atoms with E-state index >= 15 is 0 Å². The number of allylic oxidation sites excluding steroid dienone is 10. The number of rotatable bonds is 36. The summed E-state index contributed by atoms with van der Waals surface area (Å²) in [5, 5.41) is 72.0. The molecule has 0 spiro atoms. The van der Waals surface area contributed by atoms with Crippen LogP contribution < -0.4 is 0 Å². The molecular weight excluding hydrogens is 841 g/mol. The molecule has 65 heavy (non-hydrogen) atoms. The summed E-state index contributed by atoms with van der Waals surface area (Å²) in [5.41, 5.74) is 0. The van der Waals surface area contributed by atoms with Gasteiger partial charge in [-0.1, -0.05) is 145 Å². The largest absolute Gasteiger partial charge is 0.462 e. The number of unbranched alkanes of at least 4 members (excludes halogenated alkanes) is 12. The predicted octanol–water partition coefficient (Wildman–Crippen LogP) is 6.10. The lowest BCUT2D eigenvalue weighted by atomic mass is 9.98. The van der Waals surface area contributed by atoms with Gasteiger partial charge < -0.3 is 64.2 Å². The van der Waals surface area contributed by atoms with Gasteiger partial charge in [0.2, 0.25) is 0 Å². The van der Waals surface area contributed by atoms with Gasteiger partial charge in [0.05, 0.1) is 19.8 Å². The number of carbonyl (C=O) groups excluding carboxylic acids is 2. The third-order valence-electron chi connectivity index (χ3n) is 11.3. The minimum atomic E-state index is -1.78. The van der Waals surface area contributed by atoms with Crippen molar-refractivity contribution in [2.24, 2.45) is 0 Å². The van der Waals surface area contributed by atoms with E-state index in [1.807, 2.05) is 12.2 Å². The number of aliphatic hydroxyl groups is 7. The molecule has 7 N–H and O–H groups in total. The first kappa shape index (κ1) is 58.3. The zero-order chi connectivity index (χ0) is 47.5. The van der Waals surface area contributed by atoms with Crippen molar-refractivity contribution in [2.45, 2.75) is 216 Å². The van der Waals surface area contributed by atoms with Gasteiger partial charge in [-0.3, -0.25) is 9.59 Å². The van der Waals surface area contributed by atoms with Gasteiger partial charge in [-0.25, -0.2) is 0 Å². The van der Waals surface area contributed by atoms with Crippen LogP contribution in [0.2, 0.25) is 0 Å². The van der Waals surface area contributed by atoms with Crippen LogP contribution in [-0.4, -0.2) is 142 Å². The van der Waals surface area contributed by atoms with Crippen LogP contribution in [0.1, 0.15) is 149 Å². The van der Waals surface area contributed by atoms with Gasteiger partial charge in [0.25, 0.3) is 0 Å². The van der Waals surface area contributed by atoms with E-state index in [9.17, 15) is 45.3 Å². The molecule has 0 aromatic heterocycles. The molecule has 15 nitrogen and oxygen atoms in total. The summed E-state index contributed by atoms with van der Waals surface area (Å²) < 4.78 is 33.4. The molecule has 0 radical (unpaired) electrons. The minimum Gasteiger partial charge on any atom is -0.462 e. The Morgan fingerprint density at radius 1 is 0.508 bits per heavy atom. The van der Waals surface area contributed by atoms with E-state index in [0.717, 1.165) is 51.4 Å². The lowest BCUT2D eigenvalue weighted by molar-refractivity contribution is -0.332. The number of hydrogen-bond acceptors (Lipinski definition) is 15. The molecular formula is C50H84O15. The molecule has 15 heteroatoms. The highest BCUT2D eigenvalue weighted by Gasteiger charge is 2.47. The van der Waals surface area contributed by atoms with Crippen LogP contribution in [-0.2, 0) is 38.0 Å². The van der Waals surface area contributed by atoms with E-state index < -0.39 is 99.3 Å².